The van der Waals surface area contributed by atoms with Gasteiger partial charge in [-0.3, -0.25) is 4.98 Å². The molecule has 1 heterocycles. The minimum Gasteiger partial charge on any atom is -0.255 e. The third-order valence-electron chi connectivity index (χ3n) is 4.10. The van der Waals surface area contributed by atoms with E-state index in [2.05, 4.69) is 23.7 Å². The van der Waals surface area contributed by atoms with Crippen molar-refractivity contribution >= 4 is 0 Å². The van der Waals surface area contributed by atoms with Crippen molar-refractivity contribution in [3.63, 3.8) is 0 Å². The highest BCUT2D eigenvalue weighted by Gasteiger charge is 2.07. The smallest absolute Gasteiger partial charge is 0.131 e. The summed E-state index contributed by atoms with van der Waals surface area (Å²) in [6.45, 7) is 3.90. The van der Waals surface area contributed by atoms with Gasteiger partial charge in [-0.05, 0) is 42.7 Å². The number of benzene rings is 2. The van der Waals surface area contributed by atoms with Gasteiger partial charge in [0.15, 0.2) is 0 Å². The number of halogens is 1. The lowest BCUT2D eigenvalue weighted by Gasteiger charge is -2.07. The van der Waals surface area contributed by atoms with Crippen LogP contribution in [0, 0.1) is 17.7 Å². The molecule has 0 radical (unpaired) electrons. The first-order valence-corrected chi connectivity index (χ1v) is 8.49. The Balaban J connectivity index is 1.85. The number of aromatic nitrogens is 1. The Morgan fingerprint density at radius 2 is 1.72 bits per heavy atom. The molecule has 1 nitrogen and oxygen atoms in total. The number of pyridine rings is 1. The zero-order chi connectivity index (χ0) is 17.6. The van der Waals surface area contributed by atoms with Crippen LogP contribution in [0.5, 0.6) is 0 Å². The SMILES string of the molecule is CC#Cc1ccc(-c2ccc(-c3ccc(CCC)cc3F)cc2)nc1. The van der Waals surface area contributed by atoms with Gasteiger partial charge in [0.05, 0.1) is 5.69 Å². The van der Waals surface area contributed by atoms with Gasteiger partial charge in [0.1, 0.15) is 5.82 Å². The van der Waals surface area contributed by atoms with E-state index in [0.717, 1.165) is 40.8 Å². The Labute approximate surface area is 148 Å². The second-order valence-corrected chi connectivity index (χ2v) is 5.95. The highest BCUT2D eigenvalue weighted by molar-refractivity contribution is 5.69. The normalized spacial score (nSPS) is 10.2. The van der Waals surface area contributed by atoms with E-state index in [1.54, 1.807) is 19.2 Å². The Morgan fingerprint density at radius 3 is 2.32 bits per heavy atom. The molecule has 2 heteroatoms. The van der Waals surface area contributed by atoms with Crippen molar-refractivity contribution in [2.24, 2.45) is 0 Å². The number of aryl methyl sites for hydroxylation is 1. The Hall–Kier alpha value is -2.92. The lowest BCUT2D eigenvalue weighted by atomic mass is 9.99. The molecule has 124 valence electrons. The van der Waals surface area contributed by atoms with Crippen molar-refractivity contribution in [3.8, 4) is 34.2 Å². The summed E-state index contributed by atoms with van der Waals surface area (Å²) in [6, 6.07) is 17.2. The van der Waals surface area contributed by atoms with Gasteiger partial charge in [-0.1, -0.05) is 55.7 Å². The second kappa shape index (κ2) is 7.77. The first-order valence-electron chi connectivity index (χ1n) is 8.49. The molecule has 0 fully saturated rings. The monoisotopic (exact) mass is 329 g/mol. The molecule has 0 saturated heterocycles. The predicted octanol–water partition coefficient (Wildman–Crippen LogP) is 5.88. The van der Waals surface area contributed by atoms with Crippen LogP contribution in [0.15, 0.2) is 60.8 Å². The maximum Gasteiger partial charge on any atom is 0.131 e. The topological polar surface area (TPSA) is 12.9 Å². The maximum atomic E-state index is 14.4. The maximum absolute atomic E-state index is 14.4. The molecule has 0 aliphatic heterocycles. The fourth-order valence-corrected chi connectivity index (χ4v) is 2.84. The Kier molecular flexibility index (Phi) is 5.26. The molecule has 0 bridgehead atoms. The number of rotatable bonds is 4. The fourth-order valence-electron chi connectivity index (χ4n) is 2.84. The van der Waals surface area contributed by atoms with Crippen LogP contribution in [0.3, 0.4) is 0 Å². The van der Waals surface area contributed by atoms with Crippen LogP contribution in [0.4, 0.5) is 4.39 Å². The molecule has 3 aromatic rings. The number of nitrogens with zero attached hydrogens (tertiary/aromatic N) is 1. The van der Waals surface area contributed by atoms with Gasteiger partial charge in [0.2, 0.25) is 0 Å². The van der Waals surface area contributed by atoms with Crippen LogP contribution in [-0.2, 0) is 6.42 Å². The fraction of sp³-hybridized carbons (Fsp3) is 0.174. The van der Waals surface area contributed by atoms with Crippen molar-refractivity contribution < 1.29 is 4.39 Å². The summed E-state index contributed by atoms with van der Waals surface area (Å²) in [5.41, 5.74) is 5.33. The van der Waals surface area contributed by atoms with E-state index in [1.807, 2.05) is 48.5 Å². The third kappa shape index (κ3) is 3.95. The number of hydrogen-bond donors (Lipinski definition) is 0. The molecule has 25 heavy (non-hydrogen) atoms. The van der Waals surface area contributed by atoms with Crippen molar-refractivity contribution in [1.82, 2.24) is 4.98 Å². The summed E-state index contributed by atoms with van der Waals surface area (Å²) < 4.78 is 14.4. The van der Waals surface area contributed by atoms with Gasteiger partial charge in [-0.2, -0.15) is 0 Å². The standard InChI is InChI=1S/C23H20FN/c1-3-5-17-7-13-21(22(24)15-17)19-9-11-20(12-10-19)23-14-8-18(6-4-2)16-25-23/h7-16H,3,5H2,1-2H3. The minimum atomic E-state index is -0.167. The van der Waals surface area contributed by atoms with E-state index in [4.69, 9.17) is 0 Å². The van der Waals surface area contributed by atoms with Gasteiger partial charge in [-0.25, -0.2) is 4.39 Å². The van der Waals surface area contributed by atoms with E-state index in [-0.39, 0.29) is 5.82 Å². The largest absolute Gasteiger partial charge is 0.255 e. The first-order chi connectivity index (χ1) is 12.2. The van der Waals surface area contributed by atoms with Gasteiger partial charge >= 0.3 is 0 Å². The lowest BCUT2D eigenvalue weighted by Crippen LogP contribution is -1.90. The zero-order valence-corrected chi connectivity index (χ0v) is 14.5. The second-order valence-electron chi connectivity index (χ2n) is 5.95. The average molecular weight is 329 g/mol. The molecule has 0 atom stereocenters. The molecular weight excluding hydrogens is 309 g/mol. The van der Waals surface area contributed by atoms with Crippen LogP contribution in [0.25, 0.3) is 22.4 Å². The summed E-state index contributed by atoms with van der Waals surface area (Å²) >= 11 is 0. The first kappa shape index (κ1) is 16.9. The molecule has 1 aromatic heterocycles. The molecule has 0 spiro atoms. The molecule has 0 N–H and O–H groups in total. The highest BCUT2D eigenvalue weighted by Crippen LogP contribution is 2.27. The molecule has 0 aliphatic rings. The Morgan fingerprint density at radius 1 is 0.960 bits per heavy atom. The van der Waals surface area contributed by atoms with Crippen LogP contribution in [-0.4, -0.2) is 4.98 Å². The Bertz CT molecular complexity index is 913. The molecule has 0 unspecified atom stereocenters. The molecule has 0 saturated carbocycles. The van der Waals surface area contributed by atoms with Gasteiger partial charge in [0, 0.05) is 22.9 Å². The summed E-state index contributed by atoms with van der Waals surface area (Å²) in [7, 11) is 0. The summed E-state index contributed by atoms with van der Waals surface area (Å²) in [6.07, 6.45) is 3.69. The molecule has 0 aliphatic carbocycles. The van der Waals surface area contributed by atoms with Gasteiger partial charge in [0.25, 0.3) is 0 Å². The van der Waals surface area contributed by atoms with Crippen molar-refractivity contribution in [1.29, 1.82) is 0 Å². The third-order valence-corrected chi connectivity index (χ3v) is 4.10. The summed E-state index contributed by atoms with van der Waals surface area (Å²) in [5.74, 6) is 5.68. The van der Waals surface area contributed by atoms with E-state index in [9.17, 15) is 4.39 Å². The molecule has 2 aromatic carbocycles. The number of hydrogen-bond acceptors (Lipinski definition) is 1. The van der Waals surface area contributed by atoms with Gasteiger partial charge in [-0.15, -0.1) is 5.92 Å². The van der Waals surface area contributed by atoms with Gasteiger partial charge < -0.3 is 0 Å². The average Bonchev–Trinajstić information content (AvgIpc) is 2.63. The van der Waals surface area contributed by atoms with Crippen LogP contribution in [0.2, 0.25) is 0 Å². The van der Waals surface area contributed by atoms with E-state index >= 15 is 0 Å². The van der Waals surface area contributed by atoms with Crippen LogP contribution >= 0.6 is 0 Å². The summed E-state index contributed by atoms with van der Waals surface area (Å²) in [4.78, 5) is 4.44. The minimum absolute atomic E-state index is 0.167. The molecule has 0 amide bonds. The van der Waals surface area contributed by atoms with Crippen molar-refractivity contribution in [3.05, 3.63) is 77.7 Å². The quantitative estimate of drug-likeness (QED) is 0.545. The van der Waals surface area contributed by atoms with E-state index in [1.165, 1.54) is 0 Å². The summed E-state index contributed by atoms with van der Waals surface area (Å²) in [5, 5.41) is 0. The molecule has 3 rings (SSSR count). The van der Waals surface area contributed by atoms with E-state index in [0.29, 0.717) is 5.56 Å². The molecular formula is C23H20FN. The zero-order valence-electron chi connectivity index (χ0n) is 14.5. The lowest BCUT2D eigenvalue weighted by molar-refractivity contribution is 0.628. The highest BCUT2D eigenvalue weighted by atomic mass is 19.1. The van der Waals surface area contributed by atoms with Crippen LogP contribution in [0.1, 0.15) is 31.4 Å². The van der Waals surface area contributed by atoms with Crippen LogP contribution < -0.4 is 0 Å². The van der Waals surface area contributed by atoms with E-state index < -0.39 is 0 Å². The van der Waals surface area contributed by atoms with Crippen molar-refractivity contribution in [2.75, 3.05) is 0 Å². The predicted molar refractivity (Wildman–Crippen MR) is 102 cm³/mol. The van der Waals surface area contributed by atoms with Crippen molar-refractivity contribution in [2.45, 2.75) is 26.7 Å².